The van der Waals surface area contributed by atoms with Crippen LogP contribution in [0.4, 0.5) is 0 Å². The van der Waals surface area contributed by atoms with Gasteiger partial charge in [-0.25, -0.2) is 0 Å². The van der Waals surface area contributed by atoms with Gasteiger partial charge in [-0.1, -0.05) is 6.92 Å². The van der Waals surface area contributed by atoms with Crippen LogP contribution in [0.15, 0.2) is 0 Å². The van der Waals surface area contributed by atoms with E-state index in [4.69, 9.17) is 9.84 Å². The van der Waals surface area contributed by atoms with Gasteiger partial charge in [0.25, 0.3) is 0 Å². The molecule has 0 aliphatic carbocycles. The van der Waals surface area contributed by atoms with Gasteiger partial charge in [-0.2, -0.15) is 0 Å². The van der Waals surface area contributed by atoms with E-state index in [1.54, 1.807) is 6.92 Å². The molecule has 0 bridgehead atoms. The second-order valence-corrected chi connectivity index (χ2v) is 4.53. The molecule has 1 aliphatic rings. The van der Waals surface area contributed by atoms with Gasteiger partial charge in [-0.15, -0.1) is 0 Å². The zero-order chi connectivity index (χ0) is 11.6. The van der Waals surface area contributed by atoms with Crippen LogP contribution in [0, 0.1) is 11.8 Å². The number of carbonyl (C=O) groups is 1. The molecule has 1 saturated heterocycles. The fourth-order valence-electron chi connectivity index (χ4n) is 2.08. The first kappa shape index (κ1) is 12.5. The Labute approximate surface area is 91.0 Å². The molecule has 0 aromatic carbocycles. The summed E-state index contributed by atoms with van der Waals surface area (Å²) in [6.07, 6.45) is -0.411. The smallest absolute Gasteiger partial charge is 0.226 e. The van der Waals surface area contributed by atoms with Crippen molar-refractivity contribution in [2.75, 3.05) is 6.54 Å². The average molecular weight is 215 g/mol. The Morgan fingerprint density at radius 1 is 1.40 bits per heavy atom. The molecule has 1 rings (SSSR count). The molecule has 0 aromatic heterocycles. The monoisotopic (exact) mass is 215 g/mol. The quantitative estimate of drug-likeness (QED) is 0.722. The van der Waals surface area contributed by atoms with Crippen LogP contribution in [0.1, 0.15) is 27.7 Å². The van der Waals surface area contributed by atoms with Crippen LogP contribution in [0.3, 0.4) is 0 Å². The molecule has 2 N–H and O–H groups in total. The van der Waals surface area contributed by atoms with Crippen LogP contribution in [0.5, 0.6) is 0 Å². The first-order chi connectivity index (χ1) is 6.93. The molecule has 4 nitrogen and oxygen atoms in total. The molecule has 0 spiro atoms. The predicted molar refractivity (Wildman–Crippen MR) is 57.4 cm³/mol. The number of hydrogen-bond donors (Lipinski definition) is 2. The van der Waals surface area contributed by atoms with Gasteiger partial charge >= 0.3 is 0 Å². The normalized spacial score (nSPS) is 37.7. The maximum absolute atomic E-state index is 11.8. The fourth-order valence-corrected chi connectivity index (χ4v) is 2.08. The van der Waals surface area contributed by atoms with E-state index in [0.717, 1.165) is 0 Å². The third-order valence-corrected chi connectivity index (χ3v) is 3.12. The Bertz CT molecular complexity index is 230. The summed E-state index contributed by atoms with van der Waals surface area (Å²) in [6, 6.07) is 0. The molecule has 5 atom stereocenters. The minimum atomic E-state index is -0.501. The summed E-state index contributed by atoms with van der Waals surface area (Å²) in [5.41, 5.74) is 0. The van der Waals surface area contributed by atoms with E-state index < -0.39 is 6.10 Å². The summed E-state index contributed by atoms with van der Waals surface area (Å²) in [5.74, 6) is 0.119. The molecule has 1 aliphatic heterocycles. The van der Waals surface area contributed by atoms with Crippen molar-refractivity contribution in [3.8, 4) is 0 Å². The van der Waals surface area contributed by atoms with Crippen molar-refractivity contribution in [3.05, 3.63) is 0 Å². The van der Waals surface area contributed by atoms with Crippen molar-refractivity contribution in [1.29, 1.82) is 0 Å². The largest absolute Gasteiger partial charge is 0.392 e. The Morgan fingerprint density at radius 3 is 2.40 bits per heavy atom. The summed E-state index contributed by atoms with van der Waals surface area (Å²) in [4.78, 5) is 11.8. The van der Waals surface area contributed by atoms with E-state index in [2.05, 4.69) is 5.32 Å². The highest BCUT2D eigenvalue weighted by atomic mass is 16.5. The molecule has 15 heavy (non-hydrogen) atoms. The summed E-state index contributed by atoms with van der Waals surface area (Å²) < 4.78 is 5.59. The number of aliphatic hydroxyl groups is 1. The molecule has 0 radical (unpaired) electrons. The topological polar surface area (TPSA) is 58.6 Å². The first-order valence-corrected chi connectivity index (χ1v) is 5.54. The van der Waals surface area contributed by atoms with Crippen molar-refractivity contribution in [1.82, 2.24) is 5.32 Å². The molecule has 88 valence electrons. The lowest BCUT2D eigenvalue weighted by atomic mass is 9.89. The summed E-state index contributed by atoms with van der Waals surface area (Å²) in [5, 5.41) is 11.8. The van der Waals surface area contributed by atoms with Gasteiger partial charge in [0.2, 0.25) is 5.91 Å². The molecule has 1 amide bonds. The number of ether oxygens (including phenoxy) is 1. The number of hydrogen-bond acceptors (Lipinski definition) is 3. The zero-order valence-corrected chi connectivity index (χ0v) is 9.86. The lowest BCUT2D eigenvalue weighted by Gasteiger charge is -2.18. The van der Waals surface area contributed by atoms with E-state index in [1.165, 1.54) is 0 Å². The maximum Gasteiger partial charge on any atom is 0.226 e. The van der Waals surface area contributed by atoms with E-state index >= 15 is 0 Å². The summed E-state index contributed by atoms with van der Waals surface area (Å²) in [7, 11) is 0. The molecule has 0 aromatic rings. The first-order valence-electron chi connectivity index (χ1n) is 5.54. The lowest BCUT2D eigenvalue weighted by Crippen LogP contribution is -2.40. The minimum absolute atomic E-state index is 0.0137. The van der Waals surface area contributed by atoms with Gasteiger partial charge in [0.1, 0.15) is 0 Å². The Hall–Kier alpha value is -0.610. The van der Waals surface area contributed by atoms with Gasteiger partial charge in [0.15, 0.2) is 0 Å². The van der Waals surface area contributed by atoms with Crippen LogP contribution in [-0.4, -0.2) is 35.9 Å². The SMILES string of the molecule is CC1OC(C)C(C(=O)NC[C@H](C)O)C1C. The Morgan fingerprint density at radius 2 is 2.00 bits per heavy atom. The Kier molecular flexibility index (Phi) is 4.11. The van der Waals surface area contributed by atoms with Crippen molar-refractivity contribution >= 4 is 5.91 Å². The molecule has 4 heteroatoms. The Balaban J connectivity index is 2.51. The minimum Gasteiger partial charge on any atom is -0.392 e. The predicted octanol–water partition coefficient (Wildman–Crippen LogP) is 0.543. The van der Waals surface area contributed by atoms with Crippen LogP contribution >= 0.6 is 0 Å². The van der Waals surface area contributed by atoms with Crippen molar-refractivity contribution < 1.29 is 14.6 Å². The molecule has 0 saturated carbocycles. The summed E-state index contributed by atoms with van der Waals surface area (Å²) in [6.45, 7) is 7.90. The summed E-state index contributed by atoms with van der Waals surface area (Å²) >= 11 is 0. The number of aliphatic hydroxyl groups excluding tert-OH is 1. The van der Waals surface area contributed by atoms with Gasteiger partial charge in [0, 0.05) is 6.54 Å². The van der Waals surface area contributed by atoms with Gasteiger partial charge in [-0.3, -0.25) is 4.79 Å². The highest BCUT2D eigenvalue weighted by Gasteiger charge is 2.41. The van der Waals surface area contributed by atoms with Crippen molar-refractivity contribution in [2.45, 2.75) is 46.0 Å². The van der Waals surface area contributed by atoms with Gasteiger partial charge in [0.05, 0.1) is 24.2 Å². The number of rotatable bonds is 3. The molecular formula is C11H21NO3. The molecule has 1 heterocycles. The van der Waals surface area contributed by atoms with E-state index in [-0.39, 0.29) is 30.0 Å². The van der Waals surface area contributed by atoms with Crippen LogP contribution in [0.25, 0.3) is 0 Å². The number of nitrogens with one attached hydrogen (secondary N) is 1. The number of carbonyl (C=O) groups excluding carboxylic acids is 1. The fraction of sp³-hybridized carbons (Fsp3) is 0.909. The zero-order valence-electron chi connectivity index (χ0n) is 9.86. The van der Waals surface area contributed by atoms with E-state index in [0.29, 0.717) is 6.54 Å². The second kappa shape index (κ2) is 4.94. The highest BCUT2D eigenvalue weighted by molar-refractivity contribution is 5.79. The highest BCUT2D eigenvalue weighted by Crippen LogP contribution is 2.32. The van der Waals surface area contributed by atoms with Crippen molar-refractivity contribution in [3.63, 3.8) is 0 Å². The average Bonchev–Trinajstić information content (AvgIpc) is 2.37. The van der Waals surface area contributed by atoms with Crippen LogP contribution in [-0.2, 0) is 9.53 Å². The van der Waals surface area contributed by atoms with E-state index in [9.17, 15) is 4.79 Å². The molecule has 4 unspecified atom stereocenters. The van der Waals surface area contributed by atoms with Crippen molar-refractivity contribution in [2.24, 2.45) is 11.8 Å². The third kappa shape index (κ3) is 2.92. The maximum atomic E-state index is 11.8. The van der Waals surface area contributed by atoms with Gasteiger partial charge in [-0.05, 0) is 26.7 Å². The van der Waals surface area contributed by atoms with Gasteiger partial charge < -0.3 is 15.2 Å². The molecular weight excluding hydrogens is 194 g/mol. The van der Waals surface area contributed by atoms with Crippen LogP contribution in [0.2, 0.25) is 0 Å². The standard InChI is InChI=1S/C11H21NO3/c1-6(13)5-12-11(14)10-7(2)8(3)15-9(10)4/h6-10,13H,5H2,1-4H3,(H,12,14)/t6-,7?,8?,9?,10?/m0/s1. The number of amides is 1. The second-order valence-electron chi connectivity index (χ2n) is 4.53. The van der Waals surface area contributed by atoms with Crippen LogP contribution < -0.4 is 5.32 Å². The van der Waals surface area contributed by atoms with E-state index in [1.807, 2.05) is 20.8 Å². The molecule has 1 fully saturated rings. The third-order valence-electron chi connectivity index (χ3n) is 3.12. The lowest BCUT2D eigenvalue weighted by molar-refractivity contribution is -0.127.